The molecule has 88 valence electrons. The number of amides is 1. The lowest BCUT2D eigenvalue weighted by Gasteiger charge is -2.04. The van der Waals surface area contributed by atoms with Crippen LogP contribution in [0, 0.1) is 0 Å². The number of hydrogen-bond donors (Lipinski definition) is 3. The van der Waals surface area contributed by atoms with Crippen molar-refractivity contribution < 1.29 is 4.79 Å². The number of H-pyrrole nitrogens is 1. The number of nitrogens with two attached hydrogens (primary N) is 1. The fourth-order valence-electron chi connectivity index (χ4n) is 1.23. The van der Waals surface area contributed by atoms with E-state index < -0.39 is 5.91 Å². The molecule has 1 amide bonds. The van der Waals surface area contributed by atoms with E-state index in [2.05, 4.69) is 20.5 Å². The number of carbonyl (C=O) groups is 1. The molecule has 0 saturated heterocycles. The Kier molecular flexibility index (Phi) is 2.61. The zero-order valence-corrected chi connectivity index (χ0v) is 8.97. The molecule has 4 N–H and O–H groups in total. The van der Waals surface area contributed by atoms with E-state index in [9.17, 15) is 9.59 Å². The summed E-state index contributed by atoms with van der Waals surface area (Å²) >= 11 is 0. The Morgan fingerprint density at radius 3 is 2.88 bits per heavy atom. The second-order valence-corrected chi connectivity index (χ2v) is 3.36. The van der Waals surface area contributed by atoms with Crippen LogP contribution in [-0.4, -0.2) is 25.7 Å². The predicted octanol–water partition coefficient (Wildman–Crippen LogP) is -0.662. The summed E-state index contributed by atoms with van der Waals surface area (Å²) in [5.41, 5.74) is 5.59. The summed E-state index contributed by atoms with van der Waals surface area (Å²) in [4.78, 5) is 26.4. The van der Waals surface area contributed by atoms with Gasteiger partial charge in [0.05, 0.1) is 5.69 Å². The Morgan fingerprint density at radius 1 is 1.53 bits per heavy atom. The van der Waals surface area contributed by atoms with Crippen molar-refractivity contribution in [1.29, 1.82) is 0 Å². The molecule has 0 bridgehead atoms. The standard InChI is InChI=1S/C9H10N6O2/c1-15-4-5(2-3-6(15)16)11-8(17)7-12-9(10)14-13-7/h2-4H,1H3,(H,11,17)(H3,10,12,13,14). The van der Waals surface area contributed by atoms with Crippen molar-refractivity contribution in [3.63, 3.8) is 0 Å². The van der Waals surface area contributed by atoms with Gasteiger partial charge in [-0.05, 0) is 6.07 Å². The molecule has 17 heavy (non-hydrogen) atoms. The lowest BCUT2D eigenvalue weighted by Crippen LogP contribution is -2.18. The molecule has 0 aliphatic rings. The summed E-state index contributed by atoms with van der Waals surface area (Å²) in [7, 11) is 1.59. The van der Waals surface area contributed by atoms with Crippen LogP contribution in [0.1, 0.15) is 10.6 Å². The largest absolute Gasteiger partial charge is 0.366 e. The SMILES string of the molecule is Cn1cc(NC(=O)c2nc(N)n[nH]2)ccc1=O. The van der Waals surface area contributed by atoms with Gasteiger partial charge < -0.3 is 15.6 Å². The quantitative estimate of drug-likeness (QED) is 0.637. The third kappa shape index (κ3) is 2.30. The zero-order chi connectivity index (χ0) is 12.4. The Balaban J connectivity index is 2.18. The van der Waals surface area contributed by atoms with Crippen LogP contribution in [-0.2, 0) is 7.05 Å². The molecule has 8 nitrogen and oxygen atoms in total. The number of nitrogens with zero attached hydrogens (tertiary/aromatic N) is 3. The third-order valence-corrected chi connectivity index (χ3v) is 2.06. The molecule has 0 atom stereocenters. The molecule has 8 heteroatoms. The molecule has 0 unspecified atom stereocenters. The topological polar surface area (TPSA) is 119 Å². The summed E-state index contributed by atoms with van der Waals surface area (Å²) in [5, 5.41) is 8.47. The second-order valence-electron chi connectivity index (χ2n) is 3.36. The van der Waals surface area contributed by atoms with Crippen LogP contribution >= 0.6 is 0 Å². The summed E-state index contributed by atoms with van der Waals surface area (Å²) in [5.74, 6) is -0.472. The summed E-state index contributed by atoms with van der Waals surface area (Å²) in [6, 6.07) is 2.85. The maximum Gasteiger partial charge on any atom is 0.293 e. The molecule has 0 fully saturated rings. The monoisotopic (exact) mass is 234 g/mol. The number of hydrogen-bond acceptors (Lipinski definition) is 5. The van der Waals surface area contributed by atoms with Gasteiger partial charge in [-0.25, -0.2) is 0 Å². The van der Waals surface area contributed by atoms with Crippen LogP contribution in [0.5, 0.6) is 0 Å². The summed E-state index contributed by atoms with van der Waals surface area (Å²) < 4.78 is 1.35. The first-order valence-electron chi connectivity index (χ1n) is 4.72. The van der Waals surface area contributed by atoms with E-state index in [4.69, 9.17) is 5.73 Å². The van der Waals surface area contributed by atoms with Gasteiger partial charge in [0.1, 0.15) is 0 Å². The van der Waals surface area contributed by atoms with Gasteiger partial charge in [0.2, 0.25) is 17.3 Å². The molecule has 0 aromatic carbocycles. The van der Waals surface area contributed by atoms with Crippen molar-refractivity contribution in [1.82, 2.24) is 19.7 Å². The van der Waals surface area contributed by atoms with Gasteiger partial charge in [0.15, 0.2) is 0 Å². The van der Waals surface area contributed by atoms with E-state index in [0.717, 1.165) is 0 Å². The number of rotatable bonds is 2. The average Bonchev–Trinajstić information content (AvgIpc) is 2.70. The van der Waals surface area contributed by atoms with Gasteiger partial charge in [-0.15, -0.1) is 5.10 Å². The molecule has 0 saturated carbocycles. The molecule has 0 spiro atoms. The number of aromatic amines is 1. The Morgan fingerprint density at radius 2 is 2.29 bits per heavy atom. The van der Waals surface area contributed by atoms with Gasteiger partial charge in [0.25, 0.3) is 5.91 Å². The van der Waals surface area contributed by atoms with Gasteiger partial charge in [-0.2, -0.15) is 4.98 Å². The number of nitrogen functional groups attached to an aromatic ring is 1. The van der Waals surface area contributed by atoms with Crippen LogP contribution in [0.2, 0.25) is 0 Å². The first-order chi connectivity index (χ1) is 8.06. The second kappa shape index (κ2) is 4.08. The highest BCUT2D eigenvalue weighted by Gasteiger charge is 2.10. The van der Waals surface area contributed by atoms with Crippen LogP contribution in [0.4, 0.5) is 11.6 Å². The van der Waals surface area contributed by atoms with Crippen LogP contribution in [0.3, 0.4) is 0 Å². The minimum absolute atomic E-state index is 0.00406. The van der Waals surface area contributed by atoms with Gasteiger partial charge in [-0.1, -0.05) is 0 Å². The van der Waals surface area contributed by atoms with Gasteiger partial charge >= 0.3 is 0 Å². The van der Waals surface area contributed by atoms with E-state index >= 15 is 0 Å². The summed E-state index contributed by atoms with van der Waals surface area (Å²) in [6.45, 7) is 0. The Bertz CT molecular complexity index is 614. The molecule has 0 radical (unpaired) electrons. The number of aromatic nitrogens is 4. The molecule has 2 aromatic heterocycles. The van der Waals surface area contributed by atoms with E-state index in [1.807, 2.05) is 0 Å². The normalized spacial score (nSPS) is 10.2. The smallest absolute Gasteiger partial charge is 0.293 e. The maximum atomic E-state index is 11.6. The highest BCUT2D eigenvalue weighted by atomic mass is 16.2. The molecular formula is C9H10N6O2. The number of carbonyl (C=O) groups excluding carboxylic acids is 1. The lowest BCUT2D eigenvalue weighted by molar-refractivity contribution is 0.101. The predicted molar refractivity (Wildman–Crippen MR) is 60.4 cm³/mol. The van der Waals surface area contributed by atoms with Crippen molar-refractivity contribution in [2.45, 2.75) is 0 Å². The van der Waals surface area contributed by atoms with E-state index in [-0.39, 0.29) is 17.3 Å². The Labute approximate surface area is 95.5 Å². The molecule has 0 aliphatic carbocycles. The summed E-state index contributed by atoms with van der Waals surface area (Å²) in [6.07, 6.45) is 1.50. The maximum absolute atomic E-state index is 11.6. The minimum atomic E-state index is -0.479. The van der Waals surface area contributed by atoms with Crippen LogP contribution in [0.15, 0.2) is 23.1 Å². The lowest BCUT2D eigenvalue weighted by atomic mass is 10.4. The van der Waals surface area contributed by atoms with E-state index in [1.165, 1.54) is 22.9 Å². The van der Waals surface area contributed by atoms with Crippen LogP contribution in [0.25, 0.3) is 0 Å². The van der Waals surface area contributed by atoms with Crippen LogP contribution < -0.4 is 16.6 Å². The fourth-order valence-corrected chi connectivity index (χ4v) is 1.23. The highest BCUT2D eigenvalue weighted by Crippen LogP contribution is 2.04. The molecule has 2 heterocycles. The van der Waals surface area contributed by atoms with Crippen molar-refractivity contribution in [2.75, 3.05) is 11.1 Å². The van der Waals surface area contributed by atoms with Crippen molar-refractivity contribution in [3.8, 4) is 0 Å². The first-order valence-corrected chi connectivity index (χ1v) is 4.72. The van der Waals surface area contributed by atoms with E-state index in [0.29, 0.717) is 5.69 Å². The van der Waals surface area contributed by atoms with Crippen molar-refractivity contribution >= 4 is 17.5 Å². The molecule has 2 aromatic rings. The molecular weight excluding hydrogens is 224 g/mol. The van der Waals surface area contributed by atoms with Gasteiger partial charge in [0, 0.05) is 19.3 Å². The fraction of sp³-hybridized carbons (Fsp3) is 0.111. The number of anilines is 2. The number of nitrogens with one attached hydrogen (secondary N) is 2. The molecule has 0 aliphatic heterocycles. The van der Waals surface area contributed by atoms with Crippen molar-refractivity contribution in [3.05, 3.63) is 34.5 Å². The first kappa shape index (κ1) is 10.9. The van der Waals surface area contributed by atoms with Gasteiger partial charge in [-0.3, -0.25) is 14.7 Å². The average molecular weight is 234 g/mol. The Hall–Kier alpha value is -2.64. The zero-order valence-electron chi connectivity index (χ0n) is 8.97. The minimum Gasteiger partial charge on any atom is -0.366 e. The van der Waals surface area contributed by atoms with Crippen molar-refractivity contribution in [2.24, 2.45) is 7.05 Å². The van der Waals surface area contributed by atoms with E-state index in [1.54, 1.807) is 7.05 Å². The number of pyridine rings is 1. The molecule has 2 rings (SSSR count). The third-order valence-electron chi connectivity index (χ3n) is 2.06. The highest BCUT2D eigenvalue weighted by molar-refractivity contribution is 6.01. The number of aryl methyl sites for hydroxylation is 1.